The molecule has 0 aliphatic rings. The van der Waals surface area contributed by atoms with Crippen molar-refractivity contribution in [3.05, 3.63) is 95.6 Å². The van der Waals surface area contributed by atoms with Gasteiger partial charge in [0.1, 0.15) is 40.8 Å². The highest BCUT2D eigenvalue weighted by atomic mass is 16.6. The third kappa shape index (κ3) is 13.8. The Labute approximate surface area is 314 Å². The summed E-state index contributed by atoms with van der Waals surface area (Å²) in [5, 5.41) is 26.8. The number of carbonyl (C=O) groups is 4. The molecular weight excluding hydrogens is 674 g/mol. The Hall–Kier alpha value is -5.06. The van der Waals surface area contributed by atoms with Crippen molar-refractivity contribution in [2.24, 2.45) is 5.92 Å². The van der Waals surface area contributed by atoms with Gasteiger partial charge in [-0.05, 0) is 96.6 Å². The number of nitrogens with zero attached hydrogens (tertiary/aromatic N) is 1. The minimum Gasteiger partial charge on any atom is -0.508 e. The molecule has 0 fully saturated rings. The molecule has 0 saturated carbocycles. The van der Waals surface area contributed by atoms with E-state index in [2.05, 4.69) is 24.5 Å². The standard InChI is InChI=1S/C42H57N3O8/c1-27(2)19-20-28(3)45(38(49)33(44-40(51)53-42(7,8)9)25-30-21-23-31(46)24-22-30)36(32-17-13-14-18-35(32)47)37(48)43-34(39(50)52-41(4,5)6)26-29-15-11-10-12-16-29/h10-18,21-24,27-28,33-34,36,46-47H,19-20,25-26H2,1-9H3,(H,43,48)(H,44,51). The number of alkyl carbamates (subject to hydrolysis) is 1. The maximum Gasteiger partial charge on any atom is 0.408 e. The van der Waals surface area contributed by atoms with Gasteiger partial charge in [-0.1, -0.05) is 74.5 Å². The average Bonchev–Trinajstić information content (AvgIpc) is 3.05. The molecule has 3 aromatic rings. The minimum atomic E-state index is -1.44. The fraction of sp³-hybridized carbons (Fsp3) is 0.476. The number of amides is 3. The van der Waals surface area contributed by atoms with Gasteiger partial charge in [-0.3, -0.25) is 9.59 Å². The molecule has 0 bridgehead atoms. The number of rotatable bonds is 15. The van der Waals surface area contributed by atoms with Gasteiger partial charge in [0.25, 0.3) is 0 Å². The summed E-state index contributed by atoms with van der Waals surface area (Å²) in [6.45, 7) is 16.3. The molecule has 11 heteroatoms. The number of phenols is 2. The number of hydrogen-bond acceptors (Lipinski definition) is 8. The van der Waals surface area contributed by atoms with Crippen molar-refractivity contribution >= 4 is 23.9 Å². The van der Waals surface area contributed by atoms with Crippen LogP contribution in [0.3, 0.4) is 0 Å². The summed E-state index contributed by atoms with van der Waals surface area (Å²) in [5.74, 6) is -1.92. The van der Waals surface area contributed by atoms with E-state index in [1.54, 1.807) is 71.9 Å². The summed E-state index contributed by atoms with van der Waals surface area (Å²) in [5.41, 5.74) is -0.178. The first-order chi connectivity index (χ1) is 24.7. The van der Waals surface area contributed by atoms with E-state index in [1.807, 2.05) is 37.3 Å². The van der Waals surface area contributed by atoms with Crippen LogP contribution in [0.1, 0.15) is 97.9 Å². The van der Waals surface area contributed by atoms with E-state index in [9.17, 15) is 24.6 Å². The molecule has 0 aliphatic carbocycles. The van der Waals surface area contributed by atoms with Gasteiger partial charge in [0.05, 0.1) is 0 Å². The second kappa shape index (κ2) is 18.6. The van der Waals surface area contributed by atoms with E-state index in [0.29, 0.717) is 18.4 Å². The summed E-state index contributed by atoms with van der Waals surface area (Å²) < 4.78 is 11.3. The molecule has 0 radical (unpaired) electrons. The number of hydrogen-bond donors (Lipinski definition) is 4. The number of carbonyl (C=O) groups excluding carboxylic acids is 4. The van der Waals surface area contributed by atoms with E-state index in [1.165, 1.54) is 23.1 Å². The van der Waals surface area contributed by atoms with Crippen LogP contribution in [0.5, 0.6) is 11.5 Å². The molecule has 288 valence electrons. The number of ether oxygens (including phenoxy) is 2. The summed E-state index contributed by atoms with van der Waals surface area (Å²) in [7, 11) is 0. The molecule has 0 spiro atoms. The van der Waals surface area contributed by atoms with Gasteiger partial charge in [-0.2, -0.15) is 0 Å². The van der Waals surface area contributed by atoms with Crippen LogP contribution in [0.25, 0.3) is 0 Å². The third-order valence-corrected chi connectivity index (χ3v) is 8.30. The highest BCUT2D eigenvalue weighted by Crippen LogP contribution is 2.33. The Balaban J connectivity index is 2.19. The minimum absolute atomic E-state index is 0.00456. The zero-order valence-electron chi connectivity index (χ0n) is 32.5. The van der Waals surface area contributed by atoms with Crippen LogP contribution in [-0.4, -0.2) is 68.3 Å². The molecule has 53 heavy (non-hydrogen) atoms. The summed E-state index contributed by atoms with van der Waals surface area (Å²) >= 11 is 0. The Morgan fingerprint density at radius 1 is 0.679 bits per heavy atom. The lowest BCUT2D eigenvalue weighted by molar-refractivity contribution is -0.159. The molecule has 3 amide bonds. The SMILES string of the molecule is CC(C)CCC(C)N(C(=O)C(Cc1ccc(O)cc1)NC(=O)OC(C)(C)C)C(C(=O)NC(Cc1ccccc1)C(=O)OC(C)(C)C)c1ccccc1O. The molecule has 0 heterocycles. The van der Waals surface area contributed by atoms with Crippen molar-refractivity contribution in [2.75, 3.05) is 0 Å². The zero-order valence-corrected chi connectivity index (χ0v) is 32.5. The second-order valence-corrected chi connectivity index (χ2v) is 15.9. The van der Waals surface area contributed by atoms with Gasteiger partial charge in [-0.25, -0.2) is 9.59 Å². The first-order valence-corrected chi connectivity index (χ1v) is 18.2. The predicted molar refractivity (Wildman–Crippen MR) is 204 cm³/mol. The maximum absolute atomic E-state index is 15.1. The molecule has 3 aromatic carbocycles. The van der Waals surface area contributed by atoms with Crippen molar-refractivity contribution in [1.29, 1.82) is 0 Å². The number of nitrogens with one attached hydrogen (secondary N) is 2. The lowest BCUT2D eigenvalue weighted by atomic mass is 9.95. The van der Waals surface area contributed by atoms with Gasteiger partial charge in [0, 0.05) is 24.4 Å². The van der Waals surface area contributed by atoms with Crippen molar-refractivity contribution < 1.29 is 38.9 Å². The van der Waals surface area contributed by atoms with Gasteiger partial charge in [0.15, 0.2) is 0 Å². The Morgan fingerprint density at radius 2 is 1.23 bits per heavy atom. The molecule has 0 saturated heterocycles. The molecule has 11 nitrogen and oxygen atoms in total. The van der Waals surface area contributed by atoms with E-state index in [-0.39, 0.29) is 35.8 Å². The van der Waals surface area contributed by atoms with E-state index in [4.69, 9.17) is 9.47 Å². The number of para-hydroxylation sites is 1. The van der Waals surface area contributed by atoms with Gasteiger partial charge >= 0.3 is 12.1 Å². The van der Waals surface area contributed by atoms with Gasteiger partial charge < -0.3 is 35.2 Å². The molecule has 4 unspecified atom stereocenters. The van der Waals surface area contributed by atoms with Gasteiger partial charge in [0.2, 0.25) is 11.8 Å². The molecule has 0 aliphatic heterocycles. The van der Waals surface area contributed by atoms with E-state index < -0.39 is 59.2 Å². The van der Waals surface area contributed by atoms with Crippen molar-refractivity contribution in [2.45, 2.75) is 123 Å². The highest BCUT2D eigenvalue weighted by Gasteiger charge is 2.41. The fourth-order valence-corrected chi connectivity index (χ4v) is 5.81. The van der Waals surface area contributed by atoms with Crippen molar-refractivity contribution in [1.82, 2.24) is 15.5 Å². The molecule has 3 rings (SSSR count). The summed E-state index contributed by atoms with van der Waals surface area (Å²) in [6, 6.07) is 17.3. The van der Waals surface area contributed by atoms with Crippen LogP contribution in [0.4, 0.5) is 4.79 Å². The molecule has 0 aromatic heterocycles. The van der Waals surface area contributed by atoms with E-state index in [0.717, 1.165) is 5.56 Å². The first kappa shape index (κ1) is 42.4. The van der Waals surface area contributed by atoms with Crippen LogP contribution in [-0.2, 0) is 36.7 Å². The average molecular weight is 732 g/mol. The Kier molecular flexibility index (Phi) is 14.9. The largest absolute Gasteiger partial charge is 0.508 e. The fourth-order valence-electron chi connectivity index (χ4n) is 5.81. The molecule has 4 atom stereocenters. The highest BCUT2D eigenvalue weighted by molar-refractivity contribution is 5.94. The topological polar surface area (TPSA) is 154 Å². The summed E-state index contributed by atoms with van der Waals surface area (Å²) in [4.78, 5) is 58.2. The second-order valence-electron chi connectivity index (χ2n) is 15.9. The first-order valence-electron chi connectivity index (χ1n) is 18.2. The van der Waals surface area contributed by atoms with Crippen molar-refractivity contribution in [3.8, 4) is 11.5 Å². The summed E-state index contributed by atoms with van der Waals surface area (Å²) in [6.07, 6.45) is 0.459. The number of esters is 1. The lowest BCUT2D eigenvalue weighted by Gasteiger charge is -2.39. The van der Waals surface area contributed by atoms with E-state index >= 15 is 4.79 Å². The van der Waals surface area contributed by atoms with Crippen LogP contribution in [0, 0.1) is 5.92 Å². The van der Waals surface area contributed by atoms with Crippen LogP contribution >= 0.6 is 0 Å². The number of benzene rings is 3. The zero-order chi connectivity index (χ0) is 39.5. The molecular formula is C42H57N3O8. The lowest BCUT2D eigenvalue weighted by Crippen LogP contribution is -2.57. The van der Waals surface area contributed by atoms with Gasteiger partial charge in [-0.15, -0.1) is 0 Å². The predicted octanol–water partition coefficient (Wildman–Crippen LogP) is 7.00. The maximum atomic E-state index is 15.1. The normalized spacial score (nSPS) is 14.0. The Bertz CT molecular complexity index is 1660. The van der Waals surface area contributed by atoms with Crippen LogP contribution in [0.15, 0.2) is 78.9 Å². The quantitative estimate of drug-likeness (QED) is 0.122. The number of aromatic hydroxyl groups is 2. The monoisotopic (exact) mass is 731 g/mol. The van der Waals surface area contributed by atoms with Crippen molar-refractivity contribution in [3.63, 3.8) is 0 Å². The van der Waals surface area contributed by atoms with Crippen LogP contribution < -0.4 is 10.6 Å². The smallest absolute Gasteiger partial charge is 0.408 e. The van der Waals surface area contributed by atoms with Crippen LogP contribution in [0.2, 0.25) is 0 Å². The molecule has 4 N–H and O–H groups in total. The number of phenolic OH excluding ortho intramolecular Hbond substituents is 2. The Morgan fingerprint density at radius 3 is 1.79 bits per heavy atom. The third-order valence-electron chi connectivity index (χ3n) is 8.30.